The summed E-state index contributed by atoms with van der Waals surface area (Å²) in [5, 5.41) is 4.21. The average Bonchev–Trinajstić information content (AvgIpc) is 3.36. The molecule has 4 aromatic rings. The van der Waals surface area contributed by atoms with Gasteiger partial charge in [-0.2, -0.15) is 4.98 Å². The van der Waals surface area contributed by atoms with Crippen LogP contribution in [0.2, 0.25) is 0 Å². The molecule has 0 bridgehead atoms. The van der Waals surface area contributed by atoms with Crippen molar-refractivity contribution in [2.45, 2.75) is 25.2 Å². The van der Waals surface area contributed by atoms with Crippen molar-refractivity contribution in [2.75, 3.05) is 0 Å². The molecule has 0 aliphatic heterocycles. The highest BCUT2D eigenvalue weighted by atomic mass is 16.5. The molecule has 6 heteroatoms. The average molecular weight is 358 g/mol. The van der Waals surface area contributed by atoms with Crippen molar-refractivity contribution < 1.29 is 4.52 Å². The standard InChI is InChI=1S/C21H18N4O2/c1-13-19(26)25(2)17-9-8-14(12-16(17)22-13)18-23-20(27-24-18)21(10-11-21)15-6-4-3-5-7-15/h3-9,12H,10-11H2,1-2H3. The van der Waals surface area contributed by atoms with Crippen LogP contribution in [0, 0.1) is 6.92 Å². The molecule has 5 rings (SSSR count). The third-order valence-electron chi connectivity index (χ3n) is 5.41. The second-order valence-corrected chi connectivity index (χ2v) is 7.14. The van der Waals surface area contributed by atoms with Crippen molar-refractivity contribution >= 4 is 11.0 Å². The number of fused-ring (bicyclic) bond motifs is 1. The molecule has 0 saturated heterocycles. The summed E-state index contributed by atoms with van der Waals surface area (Å²) < 4.78 is 7.25. The van der Waals surface area contributed by atoms with Crippen molar-refractivity contribution in [3.8, 4) is 11.4 Å². The van der Waals surface area contributed by atoms with Crippen molar-refractivity contribution in [3.05, 3.63) is 76.0 Å². The van der Waals surface area contributed by atoms with Crippen molar-refractivity contribution in [1.82, 2.24) is 19.7 Å². The zero-order valence-corrected chi connectivity index (χ0v) is 15.1. The van der Waals surface area contributed by atoms with Crippen LogP contribution in [0.5, 0.6) is 0 Å². The molecule has 0 amide bonds. The zero-order valence-electron chi connectivity index (χ0n) is 15.1. The first-order valence-corrected chi connectivity index (χ1v) is 8.96. The molecule has 0 atom stereocenters. The van der Waals surface area contributed by atoms with Gasteiger partial charge in [-0.3, -0.25) is 4.79 Å². The maximum Gasteiger partial charge on any atom is 0.272 e. The monoisotopic (exact) mass is 358 g/mol. The first-order valence-electron chi connectivity index (χ1n) is 8.96. The molecule has 2 aromatic heterocycles. The molecule has 1 fully saturated rings. The Morgan fingerprint density at radius 1 is 1.07 bits per heavy atom. The van der Waals surface area contributed by atoms with Crippen molar-refractivity contribution in [2.24, 2.45) is 7.05 Å². The van der Waals surface area contributed by atoms with E-state index in [9.17, 15) is 4.79 Å². The minimum Gasteiger partial charge on any atom is -0.338 e. The summed E-state index contributed by atoms with van der Waals surface area (Å²) in [5.41, 5.74) is 3.79. The molecular formula is C21H18N4O2. The Labute approximate surface area is 155 Å². The first kappa shape index (κ1) is 15.9. The van der Waals surface area contributed by atoms with E-state index in [2.05, 4.69) is 27.3 Å². The smallest absolute Gasteiger partial charge is 0.272 e. The number of rotatable bonds is 3. The van der Waals surface area contributed by atoms with E-state index < -0.39 is 0 Å². The lowest BCUT2D eigenvalue weighted by Gasteiger charge is -2.09. The molecule has 1 aliphatic rings. The van der Waals surface area contributed by atoms with Gasteiger partial charge in [0, 0.05) is 12.6 Å². The summed E-state index contributed by atoms with van der Waals surface area (Å²) in [4.78, 5) is 21.2. The molecule has 2 heterocycles. The van der Waals surface area contributed by atoms with E-state index >= 15 is 0 Å². The molecule has 0 unspecified atom stereocenters. The lowest BCUT2D eigenvalue weighted by atomic mass is 9.96. The molecule has 0 radical (unpaired) electrons. The summed E-state index contributed by atoms with van der Waals surface area (Å²) >= 11 is 0. The lowest BCUT2D eigenvalue weighted by Crippen LogP contribution is -2.21. The number of benzene rings is 2. The van der Waals surface area contributed by atoms with Gasteiger partial charge in [0.25, 0.3) is 5.56 Å². The Hall–Kier alpha value is -3.28. The summed E-state index contributed by atoms with van der Waals surface area (Å²) in [6.07, 6.45) is 2.03. The van der Waals surface area contributed by atoms with E-state index in [0.29, 0.717) is 17.4 Å². The molecule has 134 valence electrons. The van der Waals surface area contributed by atoms with E-state index in [4.69, 9.17) is 4.52 Å². The van der Waals surface area contributed by atoms with E-state index in [1.807, 2.05) is 36.4 Å². The molecule has 1 aliphatic carbocycles. The molecule has 27 heavy (non-hydrogen) atoms. The number of hydrogen-bond acceptors (Lipinski definition) is 5. The van der Waals surface area contributed by atoms with Gasteiger partial charge in [-0.15, -0.1) is 0 Å². The highest BCUT2D eigenvalue weighted by Crippen LogP contribution is 2.52. The minimum atomic E-state index is -0.151. The van der Waals surface area contributed by atoms with Gasteiger partial charge >= 0.3 is 0 Å². The van der Waals surface area contributed by atoms with Crippen LogP contribution in [0.15, 0.2) is 57.8 Å². The van der Waals surface area contributed by atoms with E-state index in [1.165, 1.54) is 5.56 Å². The molecule has 1 saturated carbocycles. The topological polar surface area (TPSA) is 73.8 Å². The van der Waals surface area contributed by atoms with E-state index in [-0.39, 0.29) is 11.0 Å². The molecule has 0 N–H and O–H groups in total. The Bertz CT molecular complexity index is 1220. The third kappa shape index (κ3) is 2.40. The van der Waals surface area contributed by atoms with Gasteiger partial charge in [0.05, 0.1) is 16.4 Å². The van der Waals surface area contributed by atoms with Gasteiger partial charge in [-0.1, -0.05) is 35.5 Å². The van der Waals surface area contributed by atoms with Crippen LogP contribution < -0.4 is 5.56 Å². The van der Waals surface area contributed by atoms with Gasteiger partial charge in [0.1, 0.15) is 5.69 Å². The predicted octanol–water partition coefficient (Wildman–Crippen LogP) is 3.37. The van der Waals surface area contributed by atoms with Gasteiger partial charge < -0.3 is 9.09 Å². The highest BCUT2D eigenvalue weighted by Gasteiger charge is 2.50. The summed E-state index contributed by atoms with van der Waals surface area (Å²) in [6.45, 7) is 1.72. The van der Waals surface area contributed by atoms with E-state index in [0.717, 1.165) is 29.4 Å². The number of aryl methyl sites for hydroxylation is 2. The molecule has 2 aromatic carbocycles. The maximum atomic E-state index is 12.1. The quantitative estimate of drug-likeness (QED) is 0.561. The normalized spacial score (nSPS) is 15.2. The van der Waals surface area contributed by atoms with Crippen LogP contribution in [-0.4, -0.2) is 19.7 Å². The SMILES string of the molecule is Cc1nc2cc(-c3noc(C4(c5ccccc5)CC4)n3)ccc2n(C)c1=O. The summed E-state index contributed by atoms with van der Waals surface area (Å²) in [7, 11) is 1.75. The predicted molar refractivity (Wildman–Crippen MR) is 101 cm³/mol. The van der Waals surface area contributed by atoms with Crippen LogP contribution >= 0.6 is 0 Å². The Morgan fingerprint density at radius 2 is 1.85 bits per heavy atom. The number of nitrogens with zero attached hydrogens (tertiary/aromatic N) is 4. The lowest BCUT2D eigenvalue weighted by molar-refractivity contribution is 0.360. The fraction of sp³-hybridized carbons (Fsp3) is 0.238. The van der Waals surface area contributed by atoms with Crippen molar-refractivity contribution in [1.29, 1.82) is 0 Å². The zero-order chi connectivity index (χ0) is 18.6. The minimum absolute atomic E-state index is 0.0874. The van der Waals surface area contributed by atoms with Gasteiger partial charge in [-0.25, -0.2) is 4.98 Å². The van der Waals surface area contributed by atoms with Crippen LogP contribution in [-0.2, 0) is 12.5 Å². The molecular weight excluding hydrogens is 340 g/mol. The third-order valence-corrected chi connectivity index (χ3v) is 5.41. The largest absolute Gasteiger partial charge is 0.338 e. The number of aromatic nitrogens is 4. The van der Waals surface area contributed by atoms with Crippen LogP contribution in [0.4, 0.5) is 0 Å². The van der Waals surface area contributed by atoms with Crippen LogP contribution in [0.3, 0.4) is 0 Å². The Kier molecular flexibility index (Phi) is 3.31. The second kappa shape index (κ2) is 5.61. The van der Waals surface area contributed by atoms with Gasteiger partial charge in [0.2, 0.25) is 11.7 Å². The maximum absolute atomic E-state index is 12.1. The fourth-order valence-electron chi connectivity index (χ4n) is 3.66. The second-order valence-electron chi connectivity index (χ2n) is 7.14. The summed E-state index contributed by atoms with van der Waals surface area (Å²) in [6, 6.07) is 16.0. The molecule has 6 nitrogen and oxygen atoms in total. The van der Waals surface area contributed by atoms with Crippen molar-refractivity contribution in [3.63, 3.8) is 0 Å². The molecule has 0 spiro atoms. The van der Waals surface area contributed by atoms with E-state index in [1.54, 1.807) is 18.5 Å². The van der Waals surface area contributed by atoms with Crippen LogP contribution in [0.1, 0.15) is 30.0 Å². The Morgan fingerprint density at radius 3 is 2.59 bits per heavy atom. The number of hydrogen-bond donors (Lipinski definition) is 0. The van der Waals surface area contributed by atoms with Crippen LogP contribution in [0.25, 0.3) is 22.4 Å². The fourth-order valence-corrected chi connectivity index (χ4v) is 3.66. The first-order chi connectivity index (χ1) is 13.1. The summed E-state index contributed by atoms with van der Waals surface area (Å²) in [5.74, 6) is 1.20. The van der Waals surface area contributed by atoms with Gasteiger partial charge in [-0.05, 0) is 43.5 Å². The highest BCUT2D eigenvalue weighted by molar-refractivity contribution is 5.80. The Balaban J connectivity index is 1.57. The van der Waals surface area contributed by atoms with Gasteiger partial charge in [0.15, 0.2) is 0 Å².